The Balaban J connectivity index is 0.000000749. The Bertz CT molecular complexity index is 966. The van der Waals surface area contributed by atoms with Gasteiger partial charge in [0.05, 0.1) is 24.6 Å². The molecule has 0 aliphatic rings. The van der Waals surface area contributed by atoms with E-state index in [0.29, 0.717) is 6.29 Å². The molecule has 0 radical (unpaired) electrons. The maximum atomic E-state index is 14.4. The second-order valence-corrected chi connectivity index (χ2v) is 5.93. The van der Waals surface area contributed by atoms with E-state index in [9.17, 15) is 13.6 Å². The van der Waals surface area contributed by atoms with Crippen LogP contribution in [-0.4, -0.2) is 47.8 Å². The molecule has 0 saturated carbocycles. The molecular formula is C22H31F2N3O5. The maximum Gasteiger partial charge on any atom is 0.182 e. The Morgan fingerprint density at radius 3 is 2.53 bits per heavy atom. The van der Waals surface area contributed by atoms with E-state index in [4.69, 9.17) is 14.6 Å². The summed E-state index contributed by atoms with van der Waals surface area (Å²) in [4.78, 5) is 19.4. The van der Waals surface area contributed by atoms with Crippen molar-refractivity contribution in [3.63, 3.8) is 0 Å². The van der Waals surface area contributed by atoms with Crippen LogP contribution in [0.2, 0.25) is 0 Å². The molecule has 10 heteroatoms. The number of halogens is 2. The predicted molar refractivity (Wildman–Crippen MR) is 120 cm³/mol. The zero-order valence-corrected chi connectivity index (χ0v) is 17.8. The van der Waals surface area contributed by atoms with Gasteiger partial charge in [-0.15, -0.1) is 0 Å². The molecule has 0 fully saturated rings. The molecule has 4 N–H and O–H groups in total. The number of anilines is 2. The number of aliphatic hydroxyl groups is 2. The molecule has 1 aromatic heterocycles. The molecule has 32 heavy (non-hydrogen) atoms. The highest BCUT2D eigenvalue weighted by Gasteiger charge is 2.17. The Morgan fingerprint density at radius 2 is 1.97 bits per heavy atom. The number of oxazole rings is 1. The number of nitrogens with zero attached hydrogens (tertiary/aromatic N) is 1. The molecule has 0 aliphatic heterocycles. The summed E-state index contributed by atoms with van der Waals surface area (Å²) in [6.45, 7) is 5.60. The van der Waals surface area contributed by atoms with Crippen LogP contribution in [-0.2, 0) is 4.84 Å². The highest BCUT2D eigenvalue weighted by Crippen LogP contribution is 2.30. The molecule has 8 nitrogen and oxygen atoms in total. The van der Waals surface area contributed by atoms with Crippen molar-refractivity contribution in [2.24, 2.45) is 0 Å². The van der Waals surface area contributed by atoms with Crippen LogP contribution in [0.5, 0.6) is 0 Å². The normalized spacial score (nSPS) is 10.8. The van der Waals surface area contributed by atoms with Gasteiger partial charge in [0.15, 0.2) is 24.1 Å². The highest BCUT2D eigenvalue weighted by molar-refractivity contribution is 5.94. The predicted octanol–water partition coefficient (Wildman–Crippen LogP) is 4.12. The molecule has 1 heterocycles. The zero-order chi connectivity index (χ0) is 23.4. The van der Waals surface area contributed by atoms with E-state index in [0.717, 1.165) is 12.0 Å². The molecule has 2 aromatic carbocycles. The first-order valence-electron chi connectivity index (χ1n) is 9.52. The lowest BCUT2D eigenvalue weighted by molar-refractivity contribution is -0.0288. The minimum atomic E-state index is -0.776. The summed E-state index contributed by atoms with van der Waals surface area (Å²) in [5.74, 6) is -1.30. The zero-order valence-electron chi connectivity index (χ0n) is 17.8. The van der Waals surface area contributed by atoms with Gasteiger partial charge in [0, 0.05) is 12.6 Å². The average Bonchev–Trinajstić information content (AvgIpc) is 3.26. The number of hydrogen-bond donors (Lipinski definition) is 4. The molecule has 3 rings (SSSR count). The third kappa shape index (κ3) is 7.97. The van der Waals surface area contributed by atoms with Crippen molar-refractivity contribution >= 4 is 28.8 Å². The number of aromatic nitrogens is 1. The van der Waals surface area contributed by atoms with E-state index in [1.807, 2.05) is 13.8 Å². The first-order valence-corrected chi connectivity index (χ1v) is 9.52. The minimum absolute atomic E-state index is 0. The van der Waals surface area contributed by atoms with Crippen LogP contribution in [0.1, 0.15) is 37.2 Å². The van der Waals surface area contributed by atoms with E-state index < -0.39 is 17.7 Å². The fraction of sp³-hybridized carbons (Fsp3) is 0.364. The Kier molecular flexibility index (Phi) is 13.6. The molecular weight excluding hydrogens is 424 g/mol. The van der Waals surface area contributed by atoms with Crippen LogP contribution < -0.4 is 10.8 Å². The van der Waals surface area contributed by atoms with E-state index >= 15 is 0 Å². The van der Waals surface area contributed by atoms with Crippen molar-refractivity contribution in [1.82, 2.24) is 10.5 Å². The lowest BCUT2D eigenvalue weighted by atomic mass is 10.1. The third-order valence-electron chi connectivity index (χ3n) is 3.74. The van der Waals surface area contributed by atoms with Gasteiger partial charge in [-0.05, 0) is 30.7 Å². The molecule has 0 saturated heterocycles. The number of hydrogen-bond acceptors (Lipinski definition) is 8. The van der Waals surface area contributed by atoms with E-state index in [2.05, 4.69) is 20.6 Å². The summed E-state index contributed by atoms with van der Waals surface area (Å²) in [6.07, 6.45) is 0.778. The second kappa shape index (κ2) is 15.0. The van der Waals surface area contributed by atoms with Crippen molar-refractivity contribution in [1.29, 1.82) is 0 Å². The van der Waals surface area contributed by atoms with Crippen LogP contribution in [0, 0.1) is 18.6 Å². The number of nitrogens with one attached hydrogen (secondary N) is 2. The van der Waals surface area contributed by atoms with Crippen molar-refractivity contribution in [3.05, 3.63) is 53.4 Å². The van der Waals surface area contributed by atoms with Gasteiger partial charge in [-0.3, -0.25) is 9.63 Å². The SMILES string of the molecule is C.CC.CNOCC(O)CO.Cc1ccc(Nc2c(C=O)cc3ocnc3c2F)c(F)c1. The minimum Gasteiger partial charge on any atom is -0.443 e. The summed E-state index contributed by atoms with van der Waals surface area (Å²) in [6, 6.07) is 5.83. The number of aliphatic hydroxyl groups excluding tert-OH is 2. The van der Waals surface area contributed by atoms with Crippen LogP contribution in [0.4, 0.5) is 20.2 Å². The number of aryl methyl sites for hydroxylation is 1. The Morgan fingerprint density at radius 1 is 1.28 bits per heavy atom. The summed E-state index contributed by atoms with van der Waals surface area (Å²) < 4.78 is 33.2. The molecule has 1 unspecified atom stereocenters. The average molecular weight is 456 g/mol. The number of hydroxylamine groups is 1. The largest absolute Gasteiger partial charge is 0.443 e. The monoisotopic (exact) mass is 455 g/mol. The molecule has 0 aliphatic carbocycles. The van der Waals surface area contributed by atoms with Gasteiger partial charge in [0.1, 0.15) is 17.4 Å². The number of rotatable bonds is 7. The molecule has 3 aromatic rings. The van der Waals surface area contributed by atoms with Gasteiger partial charge >= 0.3 is 0 Å². The van der Waals surface area contributed by atoms with Crippen LogP contribution >= 0.6 is 0 Å². The van der Waals surface area contributed by atoms with Crippen LogP contribution in [0.25, 0.3) is 11.1 Å². The standard InChI is InChI=1S/C15H10F2N2O2.C4H11NO3.C2H6.CH4/c1-8-2-3-11(10(16)4-8)19-14-9(6-20)5-12-15(13(14)17)18-7-21-12;1-5-8-3-4(7)2-6;1-2;/h2-7,19H,1H3;4-7H,2-3H2,1H3;1-2H3;1H4. The lowest BCUT2D eigenvalue weighted by Gasteiger charge is -2.11. The van der Waals surface area contributed by atoms with Gasteiger partial charge < -0.3 is 19.9 Å². The summed E-state index contributed by atoms with van der Waals surface area (Å²) in [7, 11) is 1.59. The van der Waals surface area contributed by atoms with E-state index in [1.165, 1.54) is 18.2 Å². The number of fused-ring (bicyclic) bond motifs is 1. The number of benzene rings is 2. The van der Waals surface area contributed by atoms with Crippen molar-refractivity contribution in [2.75, 3.05) is 25.6 Å². The molecule has 0 spiro atoms. The lowest BCUT2D eigenvalue weighted by Crippen LogP contribution is -2.23. The first-order chi connectivity index (χ1) is 14.9. The van der Waals surface area contributed by atoms with Crippen molar-refractivity contribution < 1.29 is 33.0 Å². The van der Waals surface area contributed by atoms with Crippen molar-refractivity contribution in [2.45, 2.75) is 34.3 Å². The quantitative estimate of drug-likeness (QED) is 0.310. The summed E-state index contributed by atoms with van der Waals surface area (Å²) >= 11 is 0. The summed E-state index contributed by atoms with van der Waals surface area (Å²) in [5, 5.41) is 19.4. The number of aldehydes is 1. The highest BCUT2D eigenvalue weighted by atomic mass is 19.1. The number of carbonyl (C=O) groups excluding carboxylic acids is 1. The topological polar surface area (TPSA) is 117 Å². The number of carbonyl (C=O) groups is 1. The molecule has 0 bridgehead atoms. The maximum absolute atomic E-state index is 14.4. The van der Waals surface area contributed by atoms with Gasteiger partial charge in [0.25, 0.3) is 0 Å². The van der Waals surface area contributed by atoms with Gasteiger partial charge in [-0.25, -0.2) is 19.2 Å². The fourth-order valence-corrected chi connectivity index (χ4v) is 2.29. The second-order valence-electron chi connectivity index (χ2n) is 5.93. The molecule has 178 valence electrons. The van der Waals surface area contributed by atoms with Gasteiger partial charge in [-0.2, -0.15) is 0 Å². The Labute approximate surface area is 186 Å². The van der Waals surface area contributed by atoms with Gasteiger partial charge in [0.2, 0.25) is 0 Å². The third-order valence-corrected chi connectivity index (χ3v) is 3.74. The first kappa shape index (κ1) is 29.1. The van der Waals surface area contributed by atoms with E-state index in [-0.39, 0.29) is 48.7 Å². The Hall–Kier alpha value is -2.92. The fourth-order valence-electron chi connectivity index (χ4n) is 2.29. The molecule has 1 atom stereocenters. The van der Waals surface area contributed by atoms with Crippen LogP contribution in [0.3, 0.4) is 0 Å². The summed E-state index contributed by atoms with van der Waals surface area (Å²) in [5.41, 5.74) is 3.21. The smallest absolute Gasteiger partial charge is 0.182 e. The van der Waals surface area contributed by atoms with Crippen LogP contribution in [0.15, 0.2) is 35.1 Å². The van der Waals surface area contributed by atoms with Crippen molar-refractivity contribution in [3.8, 4) is 0 Å². The van der Waals surface area contributed by atoms with E-state index in [1.54, 1.807) is 20.0 Å². The van der Waals surface area contributed by atoms with Gasteiger partial charge in [-0.1, -0.05) is 27.3 Å². The molecule has 0 amide bonds.